The molecule has 1 aliphatic rings. The lowest BCUT2D eigenvalue weighted by atomic mass is 9.85. The van der Waals surface area contributed by atoms with Crippen LogP contribution in [0.4, 0.5) is 18.9 Å². The molecule has 2 heterocycles. The molecule has 204 valence electrons. The molecule has 37 heavy (non-hydrogen) atoms. The molecule has 2 N–H and O–H groups in total. The largest absolute Gasteiger partial charge is 0.481 e. The number of carbonyl (C=O) groups excluding carboxylic acids is 1. The number of likely N-dealkylation sites (tertiary alicyclic amines) is 1. The van der Waals surface area contributed by atoms with E-state index in [4.69, 9.17) is 16.3 Å². The van der Waals surface area contributed by atoms with Crippen LogP contribution in [0.1, 0.15) is 38.3 Å². The van der Waals surface area contributed by atoms with Crippen molar-refractivity contribution in [3.63, 3.8) is 0 Å². The third-order valence-corrected chi connectivity index (χ3v) is 6.66. The molecule has 0 aliphatic carbocycles. The number of anilines is 1. The average Bonchev–Trinajstić information content (AvgIpc) is 3.22. The van der Waals surface area contributed by atoms with Crippen molar-refractivity contribution in [2.45, 2.75) is 44.8 Å². The highest BCUT2D eigenvalue weighted by molar-refractivity contribution is 6.30. The molecular formula is C24H30ClF3N4O5. The number of piperidine rings is 1. The molecule has 1 fully saturated rings. The zero-order valence-corrected chi connectivity index (χ0v) is 21.5. The number of nitrogens with zero attached hydrogens (tertiary/aromatic N) is 3. The van der Waals surface area contributed by atoms with E-state index in [0.717, 1.165) is 12.3 Å². The van der Waals surface area contributed by atoms with Crippen LogP contribution in [-0.2, 0) is 19.9 Å². The molecule has 0 unspecified atom stereocenters. The van der Waals surface area contributed by atoms with Crippen molar-refractivity contribution < 1.29 is 37.3 Å². The molecule has 13 heteroatoms. The number of carbonyl (C=O) groups is 2. The molecule has 3 rings (SSSR count). The minimum Gasteiger partial charge on any atom is -0.481 e. The molecule has 2 aromatic rings. The normalized spacial score (nSPS) is 16.7. The van der Waals surface area contributed by atoms with Gasteiger partial charge >= 0.3 is 12.6 Å². The summed E-state index contributed by atoms with van der Waals surface area (Å²) in [4.78, 5) is 27.3. The lowest BCUT2D eigenvalue weighted by Gasteiger charge is -2.42. The van der Waals surface area contributed by atoms with Gasteiger partial charge in [-0.15, -0.1) is 0 Å². The van der Waals surface area contributed by atoms with Crippen molar-refractivity contribution >= 4 is 29.2 Å². The molecule has 1 aromatic heterocycles. The smallest absolute Gasteiger partial charge is 0.387 e. The highest BCUT2D eigenvalue weighted by Crippen LogP contribution is 2.37. The van der Waals surface area contributed by atoms with E-state index in [1.54, 1.807) is 13.8 Å². The summed E-state index contributed by atoms with van der Waals surface area (Å²) in [5, 5.41) is 16.5. The highest BCUT2D eigenvalue weighted by atomic mass is 35.5. The number of alkyl halides is 2. The maximum Gasteiger partial charge on any atom is 0.387 e. The van der Waals surface area contributed by atoms with Crippen LogP contribution in [0.2, 0.25) is 5.02 Å². The molecule has 9 nitrogen and oxygen atoms in total. The number of methoxy groups -OCH3 is 1. The first-order valence-corrected chi connectivity index (χ1v) is 12.1. The topological polar surface area (TPSA) is 106 Å². The molecule has 0 spiro atoms. The molecule has 1 amide bonds. The van der Waals surface area contributed by atoms with Crippen molar-refractivity contribution in [2.24, 2.45) is 5.92 Å². The summed E-state index contributed by atoms with van der Waals surface area (Å²) in [5.41, 5.74) is -1.17. The van der Waals surface area contributed by atoms with Crippen LogP contribution in [0, 0.1) is 11.7 Å². The number of nitrogens with one attached hydrogen (secondary N) is 1. The molecule has 1 atom stereocenters. The second-order valence-electron chi connectivity index (χ2n) is 9.24. The maximum atomic E-state index is 14.7. The predicted molar refractivity (Wildman–Crippen MR) is 130 cm³/mol. The molecular weight excluding hydrogens is 517 g/mol. The van der Waals surface area contributed by atoms with E-state index in [0.29, 0.717) is 13.1 Å². The van der Waals surface area contributed by atoms with Crippen LogP contribution >= 0.6 is 11.6 Å². The number of rotatable bonds is 11. The number of ether oxygens (including phenoxy) is 2. The Hall–Kier alpha value is -2.83. The van der Waals surface area contributed by atoms with E-state index in [1.165, 1.54) is 23.9 Å². The second kappa shape index (κ2) is 12.1. The van der Waals surface area contributed by atoms with Gasteiger partial charge < -0.3 is 24.8 Å². The second-order valence-corrected chi connectivity index (χ2v) is 9.68. The maximum absolute atomic E-state index is 14.7. The minimum absolute atomic E-state index is 0.0266. The molecule has 1 aromatic carbocycles. The Morgan fingerprint density at radius 3 is 2.51 bits per heavy atom. The van der Waals surface area contributed by atoms with Gasteiger partial charge in [0.25, 0.3) is 5.91 Å². The lowest BCUT2D eigenvalue weighted by molar-refractivity contribution is -0.145. The molecule has 0 saturated carbocycles. The van der Waals surface area contributed by atoms with Crippen LogP contribution in [0.5, 0.6) is 5.75 Å². The number of hydrogen-bond donors (Lipinski definition) is 2. The number of hydrogen-bond acceptors (Lipinski definition) is 6. The summed E-state index contributed by atoms with van der Waals surface area (Å²) in [7, 11) is 1.42. The van der Waals surface area contributed by atoms with Crippen molar-refractivity contribution in [1.29, 1.82) is 0 Å². The fraction of sp³-hybridized carbons (Fsp3) is 0.542. The van der Waals surface area contributed by atoms with Gasteiger partial charge in [0.15, 0.2) is 11.6 Å². The number of aliphatic carboxylic acids is 1. The third kappa shape index (κ3) is 6.55. The Labute approximate surface area is 217 Å². The predicted octanol–water partition coefficient (Wildman–Crippen LogP) is 4.18. The Morgan fingerprint density at radius 1 is 1.27 bits per heavy atom. The van der Waals surface area contributed by atoms with Gasteiger partial charge in [0.2, 0.25) is 0 Å². The van der Waals surface area contributed by atoms with Crippen molar-refractivity contribution in [1.82, 2.24) is 14.7 Å². The number of amides is 1. The number of carboxylic acid groups (broad SMARTS) is 1. The summed E-state index contributed by atoms with van der Waals surface area (Å²) in [6.07, 6.45) is 1.37. The first kappa shape index (κ1) is 28.7. The van der Waals surface area contributed by atoms with Gasteiger partial charge in [0.1, 0.15) is 5.54 Å². The van der Waals surface area contributed by atoms with E-state index in [-0.39, 0.29) is 54.1 Å². The molecule has 1 aliphatic heterocycles. The van der Waals surface area contributed by atoms with Gasteiger partial charge in [-0.1, -0.05) is 25.4 Å². The number of aromatic nitrogens is 2. The standard InChI is InChI=1S/C24H30ClF3N4O5/c1-14(2)20-17(26)11-29-32(20)24(6-8-31(9-7-24)12-15(13-36-3)21(33)34)22(35)30-18-5-4-16(25)10-19(18)37-23(27)28/h4-5,10-11,14-15,23H,6-9,12-13H2,1-3H3,(H,30,35)(H,33,34)/t15-/m1/s1. The van der Waals surface area contributed by atoms with Gasteiger partial charge in [-0.25, -0.2) is 4.39 Å². The lowest BCUT2D eigenvalue weighted by Crippen LogP contribution is -2.55. The van der Waals surface area contributed by atoms with E-state index in [9.17, 15) is 27.9 Å². The van der Waals surface area contributed by atoms with Crippen molar-refractivity contribution in [3.05, 3.63) is 40.9 Å². The van der Waals surface area contributed by atoms with E-state index < -0.39 is 35.8 Å². The fourth-order valence-corrected chi connectivity index (χ4v) is 4.75. The Balaban J connectivity index is 1.95. The van der Waals surface area contributed by atoms with Crippen molar-refractivity contribution in [3.8, 4) is 5.75 Å². The SMILES string of the molecule is COC[C@@H](CN1CCC(C(=O)Nc2ccc(Cl)cc2OC(F)F)(n2ncc(F)c2C(C)C)CC1)C(=O)O. The quantitative estimate of drug-likeness (QED) is 0.435. The Kier molecular flexibility index (Phi) is 9.43. The van der Waals surface area contributed by atoms with Gasteiger partial charge in [-0.3, -0.25) is 14.3 Å². The fourth-order valence-electron chi connectivity index (χ4n) is 4.59. The average molecular weight is 547 g/mol. The van der Waals surface area contributed by atoms with E-state index >= 15 is 0 Å². The minimum atomic E-state index is -3.15. The Bertz CT molecular complexity index is 1110. The zero-order valence-electron chi connectivity index (χ0n) is 20.7. The van der Waals surface area contributed by atoms with Crippen LogP contribution in [0.25, 0.3) is 0 Å². The summed E-state index contributed by atoms with van der Waals surface area (Å²) in [6, 6.07) is 3.92. The van der Waals surface area contributed by atoms with E-state index in [2.05, 4.69) is 15.2 Å². The third-order valence-electron chi connectivity index (χ3n) is 6.42. The molecule has 0 radical (unpaired) electrons. The van der Waals surface area contributed by atoms with Gasteiger partial charge in [0.05, 0.1) is 30.1 Å². The summed E-state index contributed by atoms with van der Waals surface area (Å²) in [5.74, 6) is -3.54. The van der Waals surface area contributed by atoms with Crippen LogP contribution in [0.3, 0.4) is 0 Å². The zero-order chi connectivity index (χ0) is 27.3. The number of benzene rings is 1. The number of halogens is 4. The summed E-state index contributed by atoms with van der Waals surface area (Å²) < 4.78 is 51.6. The van der Waals surface area contributed by atoms with Gasteiger partial charge in [-0.2, -0.15) is 13.9 Å². The first-order chi connectivity index (χ1) is 17.5. The van der Waals surface area contributed by atoms with Gasteiger partial charge in [-0.05, 0) is 30.9 Å². The summed E-state index contributed by atoms with van der Waals surface area (Å²) in [6.45, 7) is 1.24. The number of carboxylic acids is 1. The molecule has 1 saturated heterocycles. The van der Waals surface area contributed by atoms with Gasteiger partial charge in [0, 0.05) is 37.8 Å². The van der Waals surface area contributed by atoms with E-state index in [1.807, 2.05) is 4.90 Å². The first-order valence-electron chi connectivity index (χ1n) is 11.7. The van der Waals surface area contributed by atoms with Crippen LogP contribution < -0.4 is 10.1 Å². The monoisotopic (exact) mass is 546 g/mol. The highest BCUT2D eigenvalue weighted by Gasteiger charge is 2.46. The van der Waals surface area contributed by atoms with Crippen LogP contribution in [0.15, 0.2) is 24.4 Å². The molecule has 0 bridgehead atoms. The summed E-state index contributed by atoms with van der Waals surface area (Å²) >= 11 is 5.92. The Morgan fingerprint density at radius 2 is 1.95 bits per heavy atom. The van der Waals surface area contributed by atoms with Crippen LogP contribution in [-0.4, -0.2) is 71.6 Å². The van der Waals surface area contributed by atoms with Crippen molar-refractivity contribution in [2.75, 3.05) is 38.7 Å².